The van der Waals surface area contributed by atoms with Crippen molar-refractivity contribution in [1.82, 2.24) is 24.4 Å². The van der Waals surface area contributed by atoms with Gasteiger partial charge in [0, 0.05) is 13.6 Å². The van der Waals surface area contributed by atoms with Gasteiger partial charge in [-0.2, -0.15) is 0 Å². The largest absolute Gasteiger partial charge is 0.349 e. The zero-order valence-electron chi connectivity index (χ0n) is 18.3. The van der Waals surface area contributed by atoms with Gasteiger partial charge >= 0.3 is 5.69 Å². The molecule has 1 atom stereocenters. The molecule has 3 rings (SSSR count). The molecule has 2 aromatic heterocycles. The molecule has 1 aliphatic rings. The summed E-state index contributed by atoms with van der Waals surface area (Å²) in [6, 6.07) is 0. The summed E-state index contributed by atoms with van der Waals surface area (Å²) in [4.78, 5) is 46.7. The van der Waals surface area contributed by atoms with Crippen molar-refractivity contribution in [2.24, 2.45) is 13.0 Å². The van der Waals surface area contributed by atoms with Crippen molar-refractivity contribution in [3.63, 3.8) is 0 Å². The molecule has 1 aliphatic heterocycles. The fourth-order valence-electron chi connectivity index (χ4n) is 3.69. The first kappa shape index (κ1) is 23.5. The van der Waals surface area contributed by atoms with Gasteiger partial charge in [-0.1, -0.05) is 25.6 Å². The standard InChI is InChI=1S/C19H27N5O5S2/c1-11(2)8-24-15-14(17(26)23(5)18(24)27)16(21-12(3)20-15)30-9-13(25)22-19(4)6-7-31(28,29)10-19/h11H,6-10H2,1-5H3,(H,22,25)/t19-/m0/s1. The van der Waals surface area contributed by atoms with E-state index in [-0.39, 0.29) is 40.1 Å². The number of thioether (sulfide) groups is 1. The number of rotatable bonds is 6. The molecule has 0 saturated carbocycles. The Hall–Kier alpha value is -2.21. The number of amides is 1. The summed E-state index contributed by atoms with van der Waals surface area (Å²) in [6.07, 6.45) is 0.364. The maximum atomic E-state index is 12.9. The van der Waals surface area contributed by atoms with Crippen LogP contribution in [0.3, 0.4) is 0 Å². The fourth-order valence-corrected chi connectivity index (χ4v) is 6.64. The van der Waals surface area contributed by atoms with E-state index in [0.29, 0.717) is 23.8 Å². The third kappa shape index (κ3) is 5.00. The molecule has 0 unspecified atom stereocenters. The van der Waals surface area contributed by atoms with E-state index in [1.807, 2.05) is 13.8 Å². The lowest BCUT2D eigenvalue weighted by atomic mass is 10.0. The van der Waals surface area contributed by atoms with Gasteiger partial charge in [0.1, 0.15) is 16.2 Å². The fraction of sp³-hybridized carbons (Fsp3) is 0.632. The van der Waals surface area contributed by atoms with Crippen molar-refractivity contribution in [1.29, 1.82) is 0 Å². The molecule has 0 aliphatic carbocycles. The smallest absolute Gasteiger partial charge is 0.332 e. The maximum Gasteiger partial charge on any atom is 0.332 e. The van der Waals surface area contributed by atoms with Crippen LogP contribution in [0.5, 0.6) is 0 Å². The van der Waals surface area contributed by atoms with Crippen molar-refractivity contribution in [2.45, 2.75) is 51.2 Å². The van der Waals surface area contributed by atoms with Crippen LogP contribution in [-0.2, 0) is 28.2 Å². The Morgan fingerprint density at radius 2 is 1.97 bits per heavy atom. The predicted molar refractivity (Wildman–Crippen MR) is 119 cm³/mol. The summed E-state index contributed by atoms with van der Waals surface area (Å²) < 4.78 is 26.0. The summed E-state index contributed by atoms with van der Waals surface area (Å²) in [7, 11) is -1.74. The van der Waals surface area contributed by atoms with Crippen LogP contribution in [0.15, 0.2) is 14.6 Å². The van der Waals surface area contributed by atoms with E-state index in [1.54, 1.807) is 13.8 Å². The first-order chi connectivity index (χ1) is 14.3. The molecular weight excluding hydrogens is 442 g/mol. The second-order valence-electron chi connectivity index (χ2n) is 8.67. The van der Waals surface area contributed by atoms with Crippen molar-refractivity contribution < 1.29 is 13.2 Å². The van der Waals surface area contributed by atoms with E-state index in [0.717, 1.165) is 16.3 Å². The molecule has 1 fully saturated rings. The van der Waals surface area contributed by atoms with Crippen LogP contribution in [0.25, 0.3) is 11.0 Å². The lowest BCUT2D eigenvalue weighted by Gasteiger charge is -2.23. The van der Waals surface area contributed by atoms with Crippen LogP contribution in [0.1, 0.15) is 33.0 Å². The van der Waals surface area contributed by atoms with E-state index >= 15 is 0 Å². The predicted octanol–water partition coefficient (Wildman–Crippen LogP) is 0.240. The van der Waals surface area contributed by atoms with Gasteiger partial charge < -0.3 is 5.32 Å². The summed E-state index contributed by atoms with van der Waals surface area (Å²) in [5.41, 5.74) is -1.51. The molecule has 0 spiro atoms. The highest BCUT2D eigenvalue weighted by atomic mass is 32.2. The van der Waals surface area contributed by atoms with Crippen molar-refractivity contribution in [2.75, 3.05) is 17.3 Å². The Morgan fingerprint density at radius 3 is 2.55 bits per heavy atom. The van der Waals surface area contributed by atoms with Crippen LogP contribution >= 0.6 is 11.8 Å². The molecule has 10 nitrogen and oxygen atoms in total. The molecule has 0 bridgehead atoms. The first-order valence-electron chi connectivity index (χ1n) is 9.94. The number of fused-ring (bicyclic) bond motifs is 1. The molecule has 3 heterocycles. The zero-order chi connectivity index (χ0) is 23.1. The first-order valence-corrected chi connectivity index (χ1v) is 12.7. The minimum Gasteiger partial charge on any atom is -0.349 e. The third-order valence-electron chi connectivity index (χ3n) is 5.09. The average Bonchev–Trinajstić information content (AvgIpc) is 2.93. The van der Waals surface area contributed by atoms with Crippen LogP contribution in [-0.4, -0.2) is 56.2 Å². The number of nitrogens with one attached hydrogen (secondary N) is 1. The minimum absolute atomic E-state index is 0.0480. The Morgan fingerprint density at radius 1 is 1.29 bits per heavy atom. The van der Waals surface area contributed by atoms with E-state index in [4.69, 9.17) is 0 Å². The summed E-state index contributed by atoms with van der Waals surface area (Å²) in [5.74, 6) is 0.104. The minimum atomic E-state index is -3.15. The molecule has 1 N–H and O–H groups in total. The van der Waals surface area contributed by atoms with Gasteiger partial charge in [0.15, 0.2) is 15.5 Å². The van der Waals surface area contributed by atoms with E-state index < -0.39 is 26.6 Å². The molecule has 1 saturated heterocycles. The quantitative estimate of drug-likeness (QED) is 0.470. The summed E-state index contributed by atoms with van der Waals surface area (Å²) >= 11 is 1.07. The number of nitrogens with zero attached hydrogens (tertiary/aromatic N) is 4. The van der Waals surface area contributed by atoms with Crippen LogP contribution < -0.4 is 16.6 Å². The van der Waals surface area contributed by atoms with Gasteiger partial charge in [0.25, 0.3) is 5.56 Å². The zero-order valence-corrected chi connectivity index (χ0v) is 19.9. The van der Waals surface area contributed by atoms with E-state index in [9.17, 15) is 22.8 Å². The number of hydrogen-bond donors (Lipinski definition) is 1. The molecule has 170 valence electrons. The van der Waals surface area contributed by atoms with Crippen molar-refractivity contribution in [3.05, 3.63) is 26.7 Å². The van der Waals surface area contributed by atoms with Gasteiger partial charge in [-0.3, -0.25) is 18.7 Å². The third-order valence-corrected chi connectivity index (χ3v) is 7.97. The summed E-state index contributed by atoms with van der Waals surface area (Å²) in [6.45, 7) is 7.68. The average molecular weight is 470 g/mol. The highest BCUT2D eigenvalue weighted by Crippen LogP contribution is 2.25. The van der Waals surface area contributed by atoms with Crippen molar-refractivity contribution in [3.8, 4) is 0 Å². The number of aryl methyl sites for hydroxylation is 1. The van der Waals surface area contributed by atoms with Crippen molar-refractivity contribution >= 4 is 38.5 Å². The monoisotopic (exact) mass is 469 g/mol. The Labute approximate surface area is 184 Å². The van der Waals surface area contributed by atoms with Crippen LogP contribution in [0, 0.1) is 12.8 Å². The molecule has 12 heteroatoms. The number of hydrogen-bond acceptors (Lipinski definition) is 8. The normalized spacial score (nSPS) is 20.5. The van der Waals surface area contributed by atoms with Gasteiger partial charge in [-0.05, 0) is 26.2 Å². The van der Waals surface area contributed by atoms with Gasteiger partial charge in [-0.15, -0.1) is 0 Å². The molecule has 2 aromatic rings. The highest BCUT2D eigenvalue weighted by molar-refractivity contribution is 8.00. The summed E-state index contributed by atoms with van der Waals surface area (Å²) in [5, 5.41) is 3.31. The number of carbonyl (C=O) groups is 1. The van der Waals surface area contributed by atoms with Crippen LogP contribution in [0.2, 0.25) is 0 Å². The number of carbonyl (C=O) groups excluding carboxylic acids is 1. The molecule has 0 aromatic carbocycles. The number of sulfone groups is 1. The molecule has 1 amide bonds. The Bertz CT molecular complexity index is 1270. The van der Waals surface area contributed by atoms with Gasteiger partial charge in [0.2, 0.25) is 5.91 Å². The van der Waals surface area contributed by atoms with E-state index in [2.05, 4.69) is 15.3 Å². The Balaban J connectivity index is 1.94. The maximum absolute atomic E-state index is 12.9. The topological polar surface area (TPSA) is 133 Å². The van der Waals surface area contributed by atoms with Gasteiger partial charge in [0.05, 0.1) is 22.8 Å². The molecule has 31 heavy (non-hydrogen) atoms. The van der Waals surface area contributed by atoms with Gasteiger partial charge in [-0.25, -0.2) is 23.2 Å². The SMILES string of the molecule is Cc1nc(SCC(=O)N[C@@]2(C)CCS(=O)(=O)C2)c2c(=O)n(C)c(=O)n(CC(C)C)c2n1. The van der Waals surface area contributed by atoms with E-state index in [1.165, 1.54) is 11.6 Å². The highest BCUT2D eigenvalue weighted by Gasteiger charge is 2.39. The van der Waals surface area contributed by atoms with Crippen LogP contribution in [0.4, 0.5) is 0 Å². The molecule has 0 radical (unpaired) electrons. The molecular formula is C19H27N5O5S2. The lowest BCUT2D eigenvalue weighted by molar-refractivity contribution is -0.120. The number of aromatic nitrogens is 4. The lowest BCUT2D eigenvalue weighted by Crippen LogP contribution is -2.47. The second-order valence-corrected chi connectivity index (χ2v) is 11.8. The Kier molecular flexibility index (Phi) is 6.34. The second kappa shape index (κ2) is 8.38.